The minimum Gasteiger partial charge on any atom is -0.493 e. The number of aliphatic hydroxyl groups is 4. The van der Waals surface area contributed by atoms with Gasteiger partial charge in [0.15, 0.2) is 0 Å². The molecule has 7 nitrogen and oxygen atoms in total. The van der Waals surface area contributed by atoms with Gasteiger partial charge in [0.25, 0.3) is 0 Å². The maximum absolute atomic E-state index is 9.23. The minimum absolute atomic E-state index is 0.0196. The number of aliphatic hydroxyl groups excluding tert-OH is 4. The molecule has 25 heavy (non-hydrogen) atoms. The quantitative estimate of drug-likeness (QED) is 0.344. The molecule has 1 rings (SSSR count). The Morgan fingerprint density at radius 1 is 0.640 bits per heavy atom. The Hall–Kier alpha value is -1.54. The van der Waals surface area contributed by atoms with Gasteiger partial charge in [-0.2, -0.15) is 0 Å². The number of nitrogens with zero attached hydrogens (tertiary/aromatic N) is 1. The van der Waals surface area contributed by atoms with Gasteiger partial charge in [0, 0.05) is 50.2 Å². The Morgan fingerprint density at radius 2 is 1.12 bits per heavy atom. The van der Waals surface area contributed by atoms with Crippen LogP contribution < -0.4 is 14.4 Å². The minimum atomic E-state index is -0.0196. The number of rotatable bonds is 15. The predicted octanol–water partition coefficient (Wildman–Crippen LogP) is 0.780. The molecule has 4 N–H and O–H groups in total. The van der Waals surface area contributed by atoms with Gasteiger partial charge in [0.05, 0.1) is 26.4 Å². The van der Waals surface area contributed by atoms with Crippen LogP contribution in [0.1, 0.15) is 25.7 Å². The fourth-order valence-electron chi connectivity index (χ4n) is 2.33. The summed E-state index contributed by atoms with van der Waals surface area (Å²) in [5.74, 6) is 1.29. The van der Waals surface area contributed by atoms with Crippen LogP contribution in [-0.2, 0) is 0 Å². The van der Waals surface area contributed by atoms with E-state index in [1.165, 1.54) is 0 Å². The van der Waals surface area contributed by atoms with Gasteiger partial charge in [0.2, 0.25) is 0 Å². The van der Waals surface area contributed by atoms with Gasteiger partial charge in [-0.1, -0.05) is 0 Å². The van der Waals surface area contributed by atoms with E-state index < -0.39 is 0 Å². The second kappa shape index (κ2) is 13.7. The van der Waals surface area contributed by atoms with Crippen LogP contribution in [-0.4, -0.2) is 73.2 Å². The zero-order chi connectivity index (χ0) is 18.3. The number of anilines is 1. The van der Waals surface area contributed by atoms with Gasteiger partial charge >= 0.3 is 0 Å². The topological polar surface area (TPSA) is 103 Å². The van der Waals surface area contributed by atoms with Crippen LogP contribution in [0.15, 0.2) is 18.2 Å². The first-order valence-electron chi connectivity index (χ1n) is 8.84. The molecule has 0 amide bonds. The molecule has 144 valence electrons. The van der Waals surface area contributed by atoms with Crippen LogP contribution in [0.2, 0.25) is 0 Å². The van der Waals surface area contributed by atoms with Crippen molar-refractivity contribution >= 4 is 5.69 Å². The molecule has 1 aromatic carbocycles. The molecule has 0 radical (unpaired) electrons. The molecule has 0 saturated heterocycles. The second-order valence-corrected chi connectivity index (χ2v) is 5.66. The Kier molecular flexibility index (Phi) is 11.8. The van der Waals surface area contributed by atoms with E-state index in [1.807, 2.05) is 17.0 Å². The number of hydrogen-bond acceptors (Lipinski definition) is 7. The van der Waals surface area contributed by atoms with Crippen molar-refractivity contribution in [2.75, 3.05) is 57.6 Å². The summed E-state index contributed by atoms with van der Waals surface area (Å²) in [4.78, 5) is 1.86. The lowest BCUT2D eigenvalue weighted by Gasteiger charge is -2.24. The largest absolute Gasteiger partial charge is 0.493 e. The third-order valence-corrected chi connectivity index (χ3v) is 3.61. The molecule has 0 fully saturated rings. The molecule has 1 aromatic rings. The summed E-state index contributed by atoms with van der Waals surface area (Å²) in [7, 11) is 0. The van der Waals surface area contributed by atoms with Crippen molar-refractivity contribution in [3.8, 4) is 11.5 Å². The van der Waals surface area contributed by atoms with Gasteiger partial charge in [0.1, 0.15) is 11.5 Å². The summed E-state index contributed by atoms with van der Waals surface area (Å²) < 4.78 is 11.5. The zero-order valence-corrected chi connectivity index (χ0v) is 14.8. The number of benzene rings is 1. The summed E-state index contributed by atoms with van der Waals surface area (Å²) >= 11 is 0. The predicted molar refractivity (Wildman–Crippen MR) is 96.5 cm³/mol. The zero-order valence-electron chi connectivity index (χ0n) is 14.8. The maximum atomic E-state index is 9.23. The molecule has 0 aliphatic heterocycles. The van der Waals surface area contributed by atoms with E-state index in [0.29, 0.717) is 50.6 Å². The van der Waals surface area contributed by atoms with Crippen molar-refractivity contribution in [1.82, 2.24) is 0 Å². The summed E-state index contributed by atoms with van der Waals surface area (Å²) in [6.07, 6.45) is 2.88. The van der Waals surface area contributed by atoms with Crippen molar-refractivity contribution in [3.05, 3.63) is 18.2 Å². The average Bonchev–Trinajstić information content (AvgIpc) is 2.62. The fourth-order valence-corrected chi connectivity index (χ4v) is 2.33. The van der Waals surface area contributed by atoms with Crippen LogP contribution in [0.25, 0.3) is 0 Å². The molecule has 7 heteroatoms. The van der Waals surface area contributed by atoms with Crippen molar-refractivity contribution in [3.63, 3.8) is 0 Å². The Labute approximate surface area is 149 Å². The molecule has 0 unspecified atom stereocenters. The molecule has 0 aliphatic rings. The monoisotopic (exact) mass is 357 g/mol. The van der Waals surface area contributed by atoms with Crippen LogP contribution in [0, 0.1) is 0 Å². The molecule has 0 aliphatic carbocycles. The van der Waals surface area contributed by atoms with Crippen LogP contribution in [0.5, 0.6) is 11.5 Å². The third-order valence-electron chi connectivity index (χ3n) is 3.61. The van der Waals surface area contributed by atoms with Crippen molar-refractivity contribution in [2.45, 2.75) is 25.7 Å². The Bertz CT molecular complexity index is 421. The Balaban J connectivity index is 2.83. The molecule has 0 heterocycles. The van der Waals surface area contributed by atoms with Crippen LogP contribution in [0.4, 0.5) is 5.69 Å². The lowest BCUT2D eigenvalue weighted by molar-refractivity contribution is 0.247. The first-order valence-corrected chi connectivity index (χ1v) is 8.84. The number of ether oxygens (including phenoxy) is 2. The maximum Gasteiger partial charge on any atom is 0.125 e. The summed E-state index contributed by atoms with van der Waals surface area (Å²) in [6.45, 7) is 2.04. The lowest BCUT2D eigenvalue weighted by Crippen LogP contribution is -2.29. The molecular formula is C18H31NO6. The van der Waals surface area contributed by atoms with E-state index in [1.54, 1.807) is 6.07 Å². The molecule has 0 spiro atoms. The van der Waals surface area contributed by atoms with Gasteiger partial charge in [-0.15, -0.1) is 0 Å². The van der Waals surface area contributed by atoms with Crippen molar-refractivity contribution in [2.24, 2.45) is 0 Å². The van der Waals surface area contributed by atoms with E-state index in [0.717, 1.165) is 18.5 Å². The van der Waals surface area contributed by atoms with Gasteiger partial charge in [-0.3, -0.25) is 0 Å². The van der Waals surface area contributed by atoms with Gasteiger partial charge in [-0.25, -0.2) is 0 Å². The van der Waals surface area contributed by atoms with Crippen LogP contribution >= 0.6 is 0 Å². The standard InChI is InChI=1S/C18H31NO6/c20-7-1-3-11-24-17-13-16(19(5-9-22)6-10-23)14-18(15-17)25-12-4-2-8-21/h13-15,20-23H,1-12H2. The molecule has 0 saturated carbocycles. The third kappa shape index (κ3) is 8.92. The number of unbranched alkanes of at least 4 members (excludes halogenated alkanes) is 2. The lowest BCUT2D eigenvalue weighted by atomic mass is 10.2. The van der Waals surface area contributed by atoms with E-state index in [4.69, 9.17) is 19.7 Å². The first-order chi connectivity index (χ1) is 12.2. The first kappa shape index (κ1) is 21.5. The van der Waals surface area contributed by atoms with Crippen molar-refractivity contribution < 1.29 is 29.9 Å². The molecule has 0 atom stereocenters. The highest BCUT2D eigenvalue weighted by Crippen LogP contribution is 2.29. The highest BCUT2D eigenvalue weighted by atomic mass is 16.5. The molecular weight excluding hydrogens is 326 g/mol. The summed E-state index contributed by atoms with van der Waals surface area (Å²) in [5, 5.41) is 36.1. The van der Waals surface area contributed by atoms with E-state index in [-0.39, 0.29) is 26.4 Å². The Morgan fingerprint density at radius 3 is 1.52 bits per heavy atom. The van der Waals surface area contributed by atoms with E-state index >= 15 is 0 Å². The summed E-state index contributed by atoms with van der Waals surface area (Å²) in [6, 6.07) is 5.51. The normalized spacial score (nSPS) is 10.7. The van der Waals surface area contributed by atoms with Crippen molar-refractivity contribution in [1.29, 1.82) is 0 Å². The van der Waals surface area contributed by atoms with Crippen LogP contribution in [0.3, 0.4) is 0 Å². The van der Waals surface area contributed by atoms with Gasteiger partial charge < -0.3 is 34.8 Å². The molecule has 0 aromatic heterocycles. The molecule has 0 bridgehead atoms. The average molecular weight is 357 g/mol. The number of hydrogen-bond donors (Lipinski definition) is 4. The fraction of sp³-hybridized carbons (Fsp3) is 0.667. The van der Waals surface area contributed by atoms with E-state index in [2.05, 4.69) is 0 Å². The smallest absolute Gasteiger partial charge is 0.125 e. The van der Waals surface area contributed by atoms with E-state index in [9.17, 15) is 10.2 Å². The highest BCUT2D eigenvalue weighted by molar-refractivity contribution is 5.55. The highest BCUT2D eigenvalue weighted by Gasteiger charge is 2.10. The second-order valence-electron chi connectivity index (χ2n) is 5.66. The van der Waals surface area contributed by atoms with Gasteiger partial charge in [-0.05, 0) is 25.7 Å². The summed E-state index contributed by atoms with van der Waals surface area (Å²) in [5.41, 5.74) is 0.805. The SMILES string of the molecule is OCCCCOc1cc(OCCCCO)cc(N(CCO)CCO)c1.